The van der Waals surface area contributed by atoms with Crippen LogP contribution in [0.2, 0.25) is 0 Å². The molecule has 0 aromatic rings. The van der Waals surface area contributed by atoms with E-state index in [1.54, 1.807) is 25.6 Å². The number of esters is 1. The molecule has 32 heavy (non-hydrogen) atoms. The maximum Gasteiger partial charge on any atom is 0.306 e. The first kappa shape index (κ1) is 29.8. The third-order valence-electron chi connectivity index (χ3n) is 4.02. The van der Waals surface area contributed by atoms with Crippen molar-refractivity contribution < 1.29 is 34.0 Å². The lowest BCUT2D eigenvalue weighted by Crippen LogP contribution is -2.23. The van der Waals surface area contributed by atoms with Crippen molar-refractivity contribution in [3.63, 3.8) is 0 Å². The van der Waals surface area contributed by atoms with Crippen molar-refractivity contribution in [1.29, 1.82) is 0 Å². The van der Waals surface area contributed by atoms with Gasteiger partial charge in [0.1, 0.15) is 50.2 Å². The van der Waals surface area contributed by atoms with Gasteiger partial charge in [-0.25, -0.2) is 0 Å². The molecule has 0 radical (unpaired) electrons. The standard InChI is InChI=1S/C24H38O7S/c1-8-23(30-15-21(25)13-28-19(6)17(2)3)9-11-32-12-10-24(27)31-16-22(26)14-29-20(7)18(4)5/h8,21-22,25-26H,2,4,6-7,9-16H2,1,3,5H3/b23-8+. The highest BCUT2D eigenvalue weighted by molar-refractivity contribution is 7.99. The van der Waals surface area contributed by atoms with Gasteiger partial charge in [-0.2, -0.15) is 11.8 Å². The number of carbonyl (C=O) groups excluding carboxylic acids is 1. The maximum atomic E-state index is 11.8. The van der Waals surface area contributed by atoms with E-state index in [1.165, 1.54) is 0 Å². The summed E-state index contributed by atoms with van der Waals surface area (Å²) in [6, 6.07) is 0. The third kappa shape index (κ3) is 15.6. The molecule has 0 aliphatic carbocycles. The van der Waals surface area contributed by atoms with Crippen LogP contribution in [-0.4, -0.2) is 66.3 Å². The summed E-state index contributed by atoms with van der Waals surface area (Å²) >= 11 is 1.59. The first-order valence-corrected chi connectivity index (χ1v) is 11.5. The lowest BCUT2D eigenvalue weighted by molar-refractivity contribution is -0.146. The molecule has 0 saturated heterocycles. The van der Waals surface area contributed by atoms with E-state index in [2.05, 4.69) is 26.3 Å². The molecule has 8 heteroatoms. The summed E-state index contributed by atoms with van der Waals surface area (Å²) in [6.07, 6.45) is 1.07. The molecule has 0 aromatic heterocycles. The first-order chi connectivity index (χ1) is 15.1. The van der Waals surface area contributed by atoms with Crippen molar-refractivity contribution in [3.05, 3.63) is 60.8 Å². The summed E-state index contributed by atoms with van der Waals surface area (Å²) < 4.78 is 21.2. The van der Waals surface area contributed by atoms with Crippen LogP contribution in [0.3, 0.4) is 0 Å². The molecule has 0 heterocycles. The van der Waals surface area contributed by atoms with Crippen LogP contribution in [0, 0.1) is 0 Å². The van der Waals surface area contributed by atoms with Crippen molar-refractivity contribution in [2.45, 2.75) is 45.8 Å². The van der Waals surface area contributed by atoms with E-state index < -0.39 is 12.2 Å². The van der Waals surface area contributed by atoms with Crippen LogP contribution in [0.25, 0.3) is 0 Å². The summed E-state index contributed by atoms with van der Waals surface area (Å²) in [5.41, 5.74) is 1.39. The van der Waals surface area contributed by atoms with Gasteiger partial charge < -0.3 is 29.2 Å². The lowest BCUT2D eigenvalue weighted by atomic mass is 10.3. The van der Waals surface area contributed by atoms with Gasteiger partial charge in [-0.05, 0) is 38.0 Å². The van der Waals surface area contributed by atoms with E-state index >= 15 is 0 Å². The summed E-state index contributed by atoms with van der Waals surface area (Å²) in [7, 11) is 0. The molecule has 0 spiro atoms. The average molecular weight is 471 g/mol. The van der Waals surface area contributed by atoms with E-state index in [9.17, 15) is 15.0 Å². The summed E-state index contributed by atoms with van der Waals surface area (Å²) in [4.78, 5) is 11.8. The molecule has 0 rings (SSSR count). The second-order valence-corrected chi connectivity index (χ2v) is 8.42. The molecule has 0 aromatic carbocycles. The lowest BCUT2D eigenvalue weighted by Gasteiger charge is -2.16. The van der Waals surface area contributed by atoms with E-state index in [-0.39, 0.29) is 38.8 Å². The van der Waals surface area contributed by atoms with E-state index in [0.29, 0.717) is 34.8 Å². The summed E-state index contributed by atoms with van der Waals surface area (Å²) in [6.45, 7) is 20.2. The number of aliphatic hydroxyl groups excluding tert-OH is 2. The zero-order chi connectivity index (χ0) is 24.5. The zero-order valence-corrected chi connectivity index (χ0v) is 20.4. The summed E-state index contributed by atoms with van der Waals surface area (Å²) in [5.74, 6) is 2.57. The first-order valence-electron chi connectivity index (χ1n) is 10.4. The van der Waals surface area contributed by atoms with Crippen LogP contribution in [0.5, 0.6) is 0 Å². The minimum absolute atomic E-state index is 0.0106. The Morgan fingerprint density at radius 2 is 1.25 bits per heavy atom. The number of allylic oxidation sites excluding steroid dienone is 4. The van der Waals surface area contributed by atoms with E-state index in [1.807, 2.05) is 13.0 Å². The quantitative estimate of drug-likeness (QED) is 0.127. The highest BCUT2D eigenvalue weighted by Crippen LogP contribution is 2.13. The highest BCUT2D eigenvalue weighted by Gasteiger charge is 2.11. The topological polar surface area (TPSA) is 94.5 Å². The number of hydrogen-bond donors (Lipinski definition) is 2. The van der Waals surface area contributed by atoms with Crippen LogP contribution >= 0.6 is 11.8 Å². The predicted octanol–water partition coefficient (Wildman–Crippen LogP) is 3.90. The Hall–Kier alpha value is -2.16. The average Bonchev–Trinajstić information content (AvgIpc) is 2.75. The van der Waals surface area contributed by atoms with Gasteiger partial charge >= 0.3 is 5.97 Å². The van der Waals surface area contributed by atoms with Crippen LogP contribution < -0.4 is 0 Å². The molecule has 0 amide bonds. The Morgan fingerprint density at radius 1 is 0.812 bits per heavy atom. The second kappa shape index (κ2) is 17.4. The minimum Gasteiger partial charge on any atom is -0.495 e. The monoisotopic (exact) mass is 470 g/mol. The van der Waals surface area contributed by atoms with Gasteiger partial charge in [0.05, 0.1) is 12.2 Å². The predicted molar refractivity (Wildman–Crippen MR) is 129 cm³/mol. The van der Waals surface area contributed by atoms with Gasteiger partial charge in [0.15, 0.2) is 0 Å². The molecule has 0 saturated carbocycles. The van der Waals surface area contributed by atoms with Crippen LogP contribution in [0.4, 0.5) is 0 Å². The van der Waals surface area contributed by atoms with Crippen LogP contribution in [0.1, 0.15) is 33.6 Å². The largest absolute Gasteiger partial charge is 0.495 e. The number of carbonyl (C=O) groups is 1. The Balaban J connectivity index is 3.88. The fourth-order valence-corrected chi connectivity index (χ4v) is 2.79. The van der Waals surface area contributed by atoms with E-state index in [4.69, 9.17) is 18.9 Å². The molecule has 2 atom stereocenters. The zero-order valence-electron chi connectivity index (χ0n) is 19.6. The Morgan fingerprint density at radius 3 is 1.72 bits per heavy atom. The normalized spacial score (nSPS) is 13.0. The number of rotatable bonds is 19. The SMILES string of the molecule is C=C(C)C(=C)OCC(O)COC(=O)CCSCC/C(=C\C)OCC(O)COC(=C)C(=C)C. The van der Waals surface area contributed by atoms with Gasteiger partial charge in [0.2, 0.25) is 0 Å². The number of thioether (sulfide) groups is 1. The number of aliphatic hydroxyl groups is 2. The highest BCUT2D eigenvalue weighted by atomic mass is 32.2. The molecular weight excluding hydrogens is 432 g/mol. The van der Waals surface area contributed by atoms with Crippen molar-refractivity contribution >= 4 is 17.7 Å². The maximum absolute atomic E-state index is 11.8. The molecule has 0 fully saturated rings. The third-order valence-corrected chi connectivity index (χ3v) is 5.00. The van der Waals surface area contributed by atoms with Gasteiger partial charge in [0, 0.05) is 17.9 Å². The van der Waals surface area contributed by atoms with Crippen molar-refractivity contribution in [1.82, 2.24) is 0 Å². The van der Waals surface area contributed by atoms with Gasteiger partial charge in [-0.1, -0.05) is 26.3 Å². The van der Waals surface area contributed by atoms with Gasteiger partial charge in [0.25, 0.3) is 0 Å². The molecule has 0 aliphatic heterocycles. The molecule has 0 bridgehead atoms. The number of hydrogen-bond acceptors (Lipinski definition) is 8. The molecule has 182 valence electrons. The number of ether oxygens (including phenoxy) is 4. The van der Waals surface area contributed by atoms with Gasteiger partial charge in [-0.15, -0.1) is 0 Å². The van der Waals surface area contributed by atoms with Crippen molar-refractivity contribution in [2.24, 2.45) is 0 Å². The Kier molecular flexibility index (Phi) is 16.2. The Labute approximate surface area is 196 Å². The summed E-state index contributed by atoms with van der Waals surface area (Å²) in [5, 5.41) is 19.7. The molecule has 7 nitrogen and oxygen atoms in total. The second-order valence-electron chi connectivity index (χ2n) is 7.20. The molecule has 2 unspecified atom stereocenters. The van der Waals surface area contributed by atoms with Crippen molar-refractivity contribution in [2.75, 3.05) is 37.9 Å². The molecule has 2 N–H and O–H groups in total. The minimum atomic E-state index is -0.920. The van der Waals surface area contributed by atoms with Crippen molar-refractivity contribution in [3.8, 4) is 0 Å². The van der Waals surface area contributed by atoms with Crippen LogP contribution in [-0.2, 0) is 23.7 Å². The Bertz CT molecular complexity index is 669. The fraction of sp³-hybridized carbons (Fsp3) is 0.542. The fourth-order valence-electron chi connectivity index (χ4n) is 1.93. The smallest absolute Gasteiger partial charge is 0.306 e. The van der Waals surface area contributed by atoms with E-state index in [0.717, 1.165) is 11.5 Å². The van der Waals surface area contributed by atoms with Gasteiger partial charge in [-0.3, -0.25) is 4.79 Å². The molecule has 0 aliphatic rings. The molecular formula is C24H38O7S. The van der Waals surface area contributed by atoms with Crippen LogP contribution in [0.15, 0.2) is 60.8 Å².